The molecule has 0 saturated carbocycles. The number of aromatic nitrogens is 5. The first-order valence-corrected chi connectivity index (χ1v) is 8.78. The number of aryl methyl sites for hydroxylation is 1. The number of nitrogens with zero attached hydrogens (tertiary/aromatic N) is 5. The lowest BCUT2D eigenvalue weighted by Crippen LogP contribution is -2.24. The summed E-state index contributed by atoms with van der Waals surface area (Å²) in [6, 6.07) is 2.56. The Kier molecular flexibility index (Phi) is 5.57. The Balaban J connectivity index is 2.29. The van der Waals surface area contributed by atoms with Crippen LogP contribution in [0.3, 0.4) is 0 Å². The molecule has 2 heterocycles. The van der Waals surface area contributed by atoms with Crippen LogP contribution in [0.2, 0.25) is 0 Å². The Morgan fingerprint density at radius 1 is 1.09 bits per heavy atom. The summed E-state index contributed by atoms with van der Waals surface area (Å²) in [7, 11) is 1.33. The van der Waals surface area contributed by atoms with Crippen LogP contribution in [0.4, 0.5) is 26.3 Å². The lowest BCUT2D eigenvalue weighted by Gasteiger charge is -2.22. The number of carbonyl (C=O) groups excluding carboxylic acids is 1. The van der Waals surface area contributed by atoms with Crippen LogP contribution in [0.25, 0.3) is 5.82 Å². The lowest BCUT2D eigenvalue weighted by molar-refractivity contribution is -0.143. The number of halogens is 6. The van der Waals surface area contributed by atoms with Gasteiger partial charge in [0.15, 0.2) is 5.82 Å². The normalized spacial score (nSPS) is 13.2. The summed E-state index contributed by atoms with van der Waals surface area (Å²) in [5, 5.41) is 7.81. The molecule has 0 radical (unpaired) electrons. The van der Waals surface area contributed by atoms with Crippen LogP contribution in [0.1, 0.15) is 45.7 Å². The molecule has 2 N–H and O–H groups in total. The zero-order chi connectivity index (χ0) is 24.0. The molecule has 1 atom stereocenters. The fourth-order valence-corrected chi connectivity index (χ4v) is 3.18. The van der Waals surface area contributed by atoms with Crippen LogP contribution >= 0.6 is 0 Å². The zero-order valence-electron chi connectivity index (χ0n) is 16.4. The van der Waals surface area contributed by atoms with E-state index in [1.807, 2.05) is 0 Å². The number of rotatable bonds is 4. The lowest BCUT2D eigenvalue weighted by atomic mass is 9.87. The molecule has 0 aliphatic rings. The minimum absolute atomic E-state index is 0.00699. The summed E-state index contributed by atoms with van der Waals surface area (Å²) in [4.78, 5) is 27.3. The first-order chi connectivity index (χ1) is 14.7. The number of carbonyl (C=O) groups is 1. The van der Waals surface area contributed by atoms with Crippen molar-refractivity contribution in [3.8, 4) is 5.82 Å². The van der Waals surface area contributed by atoms with Gasteiger partial charge in [0.1, 0.15) is 12.2 Å². The van der Waals surface area contributed by atoms with Crippen molar-refractivity contribution in [3.63, 3.8) is 0 Å². The number of amides is 1. The topological polar surface area (TPSA) is 109 Å². The van der Waals surface area contributed by atoms with Crippen LogP contribution in [0, 0.1) is 0 Å². The van der Waals surface area contributed by atoms with E-state index in [0.29, 0.717) is 0 Å². The SMILES string of the molecule is C[C@@H](c1c(C(N)=O)cc(C(F)(F)F)cc1C(F)(F)F)c1ncnn1-c1ccc(=O)n(C)n1. The van der Waals surface area contributed by atoms with Gasteiger partial charge in [-0.05, 0) is 23.8 Å². The third-order valence-electron chi connectivity index (χ3n) is 4.64. The van der Waals surface area contributed by atoms with Gasteiger partial charge in [0.05, 0.1) is 11.1 Å². The van der Waals surface area contributed by atoms with Crippen LogP contribution in [0.5, 0.6) is 0 Å². The summed E-state index contributed by atoms with van der Waals surface area (Å²) in [5.41, 5.74) is -0.426. The fraction of sp³-hybridized carbons (Fsp3) is 0.278. The van der Waals surface area contributed by atoms with Gasteiger partial charge < -0.3 is 5.73 Å². The van der Waals surface area contributed by atoms with Crippen LogP contribution in [0.15, 0.2) is 35.4 Å². The molecular weight excluding hydrogens is 446 g/mol. The molecule has 1 aromatic carbocycles. The highest BCUT2D eigenvalue weighted by molar-refractivity contribution is 5.95. The van der Waals surface area contributed by atoms with Gasteiger partial charge in [-0.15, -0.1) is 5.10 Å². The Hall–Kier alpha value is -3.71. The summed E-state index contributed by atoms with van der Waals surface area (Å²) < 4.78 is 82.8. The van der Waals surface area contributed by atoms with E-state index in [2.05, 4.69) is 15.2 Å². The third kappa shape index (κ3) is 4.20. The molecule has 32 heavy (non-hydrogen) atoms. The molecule has 8 nitrogen and oxygen atoms in total. The molecular formula is C18H14F6N6O2. The Labute approximate surface area is 175 Å². The molecule has 3 aromatic rings. The van der Waals surface area contributed by atoms with Crippen molar-refractivity contribution in [2.24, 2.45) is 12.8 Å². The number of alkyl halides is 6. The molecule has 0 aliphatic carbocycles. The van der Waals surface area contributed by atoms with Gasteiger partial charge in [-0.25, -0.2) is 9.67 Å². The van der Waals surface area contributed by atoms with Crippen LogP contribution in [-0.2, 0) is 19.4 Å². The third-order valence-corrected chi connectivity index (χ3v) is 4.64. The number of hydrogen-bond acceptors (Lipinski definition) is 5. The first kappa shape index (κ1) is 23.0. The monoisotopic (exact) mass is 460 g/mol. The number of primary amides is 1. The van der Waals surface area contributed by atoms with E-state index in [-0.39, 0.29) is 23.8 Å². The average Bonchev–Trinajstić information content (AvgIpc) is 3.16. The van der Waals surface area contributed by atoms with Crippen molar-refractivity contribution in [1.82, 2.24) is 24.5 Å². The van der Waals surface area contributed by atoms with E-state index in [1.54, 1.807) is 0 Å². The average molecular weight is 460 g/mol. The number of benzene rings is 1. The van der Waals surface area contributed by atoms with Crippen molar-refractivity contribution in [1.29, 1.82) is 0 Å². The highest BCUT2D eigenvalue weighted by Gasteiger charge is 2.42. The second kappa shape index (κ2) is 7.76. The van der Waals surface area contributed by atoms with Crippen molar-refractivity contribution >= 4 is 5.91 Å². The molecule has 14 heteroatoms. The number of hydrogen-bond donors (Lipinski definition) is 1. The minimum atomic E-state index is -5.24. The predicted octanol–water partition coefficient (Wildman–Crippen LogP) is 2.65. The maximum atomic E-state index is 13.8. The molecule has 170 valence electrons. The van der Waals surface area contributed by atoms with Gasteiger partial charge in [-0.2, -0.15) is 36.1 Å². The van der Waals surface area contributed by atoms with E-state index in [4.69, 9.17) is 5.73 Å². The molecule has 0 aliphatic heterocycles. The molecule has 1 amide bonds. The zero-order valence-corrected chi connectivity index (χ0v) is 16.4. The van der Waals surface area contributed by atoms with E-state index in [0.717, 1.165) is 21.8 Å². The summed E-state index contributed by atoms with van der Waals surface area (Å²) >= 11 is 0. The summed E-state index contributed by atoms with van der Waals surface area (Å²) in [6.45, 7) is 1.20. The van der Waals surface area contributed by atoms with Crippen molar-refractivity contribution in [2.45, 2.75) is 25.2 Å². The standard InChI is InChI=1S/C18H14F6N6O2/c1-8(16-26-7-27-30(16)12-3-4-13(31)29(2)28-12)14-10(15(25)32)5-9(17(19,20)21)6-11(14)18(22,23)24/h3-8H,1-2H3,(H2,25,32)/t8-/m0/s1. The smallest absolute Gasteiger partial charge is 0.366 e. The minimum Gasteiger partial charge on any atom is -0.366 e. The summed E-state index contributed by atoms with van der Waals surface area (Å²) in [5.74, 6) is -3.04. The van der Waals surface area contributed by atoms with Crippen LogP contribution in [-0.4, -0.2) is 30.5 Å². The maximum Gasteiger partial charge on any atom is 0.416 e. The Bertz CT molecular complexity index is 1240. The van der Waals surface area contributed by atoms with E-state index in [9.17, 15) is 35.9 Å². The molecule has 0 bridgehead atoms. The van der Waals surface area contributed by atoms with E-state index >= 15 is 0 Å². The summed E-state index contributed by atoms with van der Waals surface area (Å²) in [6.07, 6.45) is -9.40. The molecule has 0 fully saturated rings. The predicted molar refractivity (Wildman–Crippen MR) is 96.9 cm³/mol. The van der Waals surface area contributed by atoms with E-state index < -0.39 is 52.0 Å². The van der Waals surface area contributed by atoms with Crippen LogP contribution < -0.4 is 11.3 Å². The first-order valence-electron chi connectivity index (χ1n) is 8.78. The highest BCUT2D eigenvalue weighted by atomic mass is 19.4. The van der Waals surface area contributed by atoms with E-state index in [1.165, 1.54) is 20.0 Å². The molecule has 2 aromatic heterocycles. The van der Waals surface area contributed by atoms with Gasteiger partial charge in [-0.3, -0.25) is 9.59 Å². The molecule has 0 saturated heterocycles. The van der Waals surface area contributed by atoms with Crippen molar-refractivity contribution < 1.29 is 31.1 Å². The second-order valence-corrected chi connectivity index (χ2v) is 6.75. The fourth-order valence-electron chi connectivity index (χ4n) is 3.18. The highest BCUT2D eigenvalue weighted by Crippen LogP contribution is 2.42. The maximum absolute atomic E-state index is 13.8. The largest absolute Gasteiger partial charge is 0.416 e. The van der Waals surface area contributed by atoms with Crippen molar-refractivity contribution in [3.05, 3.63) is 69.0 Å². The molecule has 3 rings (SSSR count). The van der Waals surface area contributed by atoms with Gasteiger partial charge in [0.2, 0.25) is 5.91 Å². The second-order valence-electron chi connectivity index (χ2n) is 6.75. The Morgan fingerprint density at radius 3 is 2.28 bits per heavy atom. The molecule has 0 unspecified atom stereocenters. The quantitative estimate of drug-likeness (QED) is 0.603. The number of nitrogens with two attached hydrogens (primary N) is 1. The van der Waals surface area contributed by atoms with Gasteiger partial charge >= 0.3 is 12.4 Å². The molecule has 0 spiro atoms. The Morgan fingerprint density at radius 2 is 1.75 bits per heavy atom. The van der Waals surface area contributed by atoms with Crippen molar-refractivity contribution in [2.75, 3.05) is 0 Å². The van der Waals surface area contributed by atoms with Gasteiger partial charge in [-0.1, -0.05) is 6.92 Å². The van der Waals surface area contributed by atoms with Gasteiger partial charge in [0.25, 0.3) is 5.56 Å². The van der Waals surface area contributed by atoms with Gasteiger partial charge in [0, 0.05) is 24.6 Å².